The zero-order valence-electron chi connectivity index (χ0n) is 15.7. The van der Waals surface area contributed by atoms with E-state index in [9.17, 15) is 19.2 Å². The van der Waals surface area contributed by atoms with Crippen molar-refractivity contribution in [3.05, 3.63) is 89.4 Å². The summed E-state index contributed by atoms with van der Waals surface area (Å²) in [7, 11) is 0. The van der Waals surface area contributed by atoms with Gasteiger partial charge in [-0.1, -0.05) is 18.2 Å². The fourth-order valence-corrected chi connectivity index (χ4v) is 3.06. The zero-order chi connectivity index (χ0) is 21.1. The van der Waals surface area contributed by atoms with E-state index in [0.29, 0.717) is 16.9 Å². The van der Waals surface area contributed by atoms with E-state index in [2.05, 4.69) is 5.32 Å². The standard InChI is InChI=1S/C22H16N2O6/c25-19(23-12-16-7-4-10-29-16)13-30-22(28)14-5-3-6-15(11-14)24-20(26)17-8-1-2-9-18(17)21(24)27/h1-11H,12-13H2,(H,23,25). The lowest BCUT2D eigenvalue weighted by Crippen LogP contribution is -2.30. The van der Waals surface area contributed by atoms with E-state index >= 15 is 0 Å². The number of carbonyl (C=O) groups excluding carboxylic acids is 4. The summed E-state index contributed by atoms with van der Waals surface area (Å²) in [4.78, 5) is 50.4. The Balaban J connectivity index is 1.41. The molecule has 3 aromatic rings. The average Bonchev–Trinajstić information content (AvgIpc) is 3.38. The van der Waals surface area contributed by atoms with Gasteiger partial charge in [0, 0.05) is 0 Å². The second-order valence-electron chi connectivity index (χ2n) is 6.47. The number of amides is 3. The third kappa shape index (κ3) is 3.70. The van der Waals surface area contributed by atoms with Gasteiger partial charge in [0.25, 0.3) is 17.7 Å². The number of hydrogen-bond donors (Lipinski definition) is 1. The summed E-state index contributed by atoms with van der Waals surface area (Å²) in [6, 6.07) is 15.9. The predicted octanol–water partition coefficient (Wildman–Crippen LogP) is 2.55. The molecular weight excluding hydrogens is 388 g/mol. The van der Waals surface area contributed by atoms with E-state index in [0.717, 1.165) is 4.90 Å². The molecule has 4 rings (SSSR count). The van der Waals surface area contributed by atoms with Crippen LogP contribution in [0.15, 0.2) is 71.3 Å². The minimum atomic E-state index is -0.749. The van der Waals surface area contributed by atoms with E-state index in [-0.39, 0.29) is 17.8 Å². The summed E-state index contributed by atoms with van der Waals surface area (Å²) in [5.74, 6) is -1.59. The average molecular weight is 404 g/mol. The maximum atomic E-state index is 12.6. The van der Waals surface area contributed by atoms with Gasteiger partial charge in [-0.05, 0) is 42.5 Å². The minimum absolute atomic E-state index is 0.114. The first-order chi connectivity index (χ1) is 14.5. The van der Waals surface area contributed by atoms with E-state index < -0.39 is 30.3 Å². The lowest BCUT2D eigenvalue weighted by Gasteiger charge is -2.14. The second kappa shape index (κ2) is 8.04. The molecule has 0 saturated carbocycles. The molecule has 2 heterocycles. The molecule has 0 aliphatic carbocycles. The van der Waals surface area contributed by atoms with Crippen LogP contribution in [-0.4, -0.2) is 30.3 Å². The van der Waals surface area contributed by atoms with Gasteiger partial charge >= 0.3 is 5.97 Å². The Morgan fingerprint density at radius 1 is 0.933 bits per heavy atom. The summed E-state index contributed by atoms with van der Waals surface area (Å²) in [6.45, 7) is -0.296. The van der Waals surface area contributed by atoms with Crippen LogP contribution in [0, 0.1) is 0 Å². The second-order valence-corrected chi connectivity index (χ2v) is 6.47. The third-order valence-corrected chi connectivity index (χ3v) is 4.51. The summed E-state index contributed by atoms with van der Waals surface area (Å²) >= 11 is 0. The quantitative estimate of drug-likeness (QED) is 0.500. The number of furan rings is 1. The van der Waals surface area contributed by atoms with Gasteiger partial charge in [0.1, 0.15) is 5.76 Å². The Kier molecular flexibility index (Phi) is 5.13. The lowest BCUT2D eigenvalue weighted by molar-refractivity contribution is -0.124. The van der Waals surface area contributed by atoms with Crippen molar-refractivity contribution in [3.63, 3.8) is 0 Å². The third-order valence-electron chi connectivity index (χ3n) is 4.51. The number of benzene rings is 2. The van der Waals surface area contributed by atoms with Gasteiger partial charge in [0.15, 0.2) is 6.61 Å². The molecule has 150 valence electrons. The normalized spacial score (nSPS) is 12.6. The molecule has 1 N–H and O–H groups in total. The van der Waals surface area contributed by atoms with Crippen LogP contribution in [0.2, 0.25) is 0 Å². The molecule has 30 heavy (non-hydrogen) atoms. The molecule has 0 spiro atoms. The number of rotatable bonds is 6. The Labute approximate surface area is 171 Å². The summed E-state index contributed by atoms with van der Waals surface area (Å²) in [5.41, 5.74) is 0.980. The van der Waals surface area contributed by atoms with Crippen LogP contribution in [0.25, 0.3) is 0 Å². The predicted molar refractivity (Wildman–Crippen MR) is 105 cm³/mol. The molecule has 0 unspecified atom stereocenters. The van der Waals surface area contributed by atoms with Crippen LogP contribution in [0.1, 0.15) is 36.8 Å². The maximum Gasteiger partial charge on any atom is 0.338 e. The molecule has 0 saturated heterocycles. The van der Waals surface area contributed by atoms with Crippen molar-refractivity contribution in [2.75, 3.05) is 11.5 Å². The first-order valence-electron chi connectivity index (χ1n) is 9.08. The van der Waals surface area contributed by atoms with Gasteiger partial charge in [0.05, 0.1) is 35.2 Å². The Morgan fingerprint density at radius 3 is 2.33 bits per heavy atom. The smallest absolute Gasteiger partial charge is 0.338 e. The SMILES string of the molecule is O=C(COC(=O)c1cccc(N2C(=O)c3ccccc3C2=O)c1)NCc1ccco1. The number of nitrogens with zero attached hydrogens (tertiary/aromatic N) is 1. The van der Waals surface area contributed by atoms with Crippen LogP contribution in [0.5, 0.6) is 0 Å². The van der Waals surface area contributed by atoms with E-state index in [1.54, 1.807) is 42.5 Å². The van der Waals surface area contributed by atoms with Crippen molar-refractivity contribution in [2.45, 2.75) is 6.54 Å². The van der Waals surface area contributed by atoms with Gasteiger partial charge in [-0.2, -0.15) is 0 Å². The fraction of sp³-hybridized carbons (Fsp3) is 0.0909. The first-order valence-corrected chi connectivity index (χ1v) is 9.08. The number of anilines is 1. The maximum absolute atomic E-state index is 12.6. The number of ether oxygens (including phenoxy) is 1. The minimum Gasteiger partial charge on any atom is -0.467 e. The van der Waals surface area contributed by atoms with Gasteiger partial charge in [-0.15, -0.1) is 0 Å². The summed E-state index contributed by atoms with van der Waals surface area (Å²) in [5, 5.41) is 2.56. The number of nitrogens with one attached hydrogen (secondary N) is 1. The van der Waals surface area contributed by atoms with Crippen molar-refractivity contribution in [2.24, 2.45) is 0 Å². The fourth-order valence-electron chi connectivity index (χ4n) is 3.06. The highest BCUT2D eigenvalue weighted by molar-refractivity contribution is 6.34. The highest BCUT2D eigenvalue weighted by Gasteiger charge is 2.36. The summed E-state index contributed by atoms with van der Waals surface area (Å²) < 4.78 is 10.1. The Bertz CT molecular complexity index is 1100. The van der Waals surface area contributed by atoms with Gasteiger partial charge < -0.3 is 14.5 Å². The number of imide groups is 1. The molecule has 1 aliphatic rings. The highest BCUT2D eigenvalue weighted by Crippen LogP contribution is 2.28. The van der Waals surface area contributed by atoms with Crippen LogP contribution in [0.3, 0.4) is 0 Å². The first kappa shape index (κ1) is 19.1. The number of esters is 1. The molecule has 1 aromatic heterocycles. The molecule has 0 bridgehead atoms. The van der Waals surface area contributed by atoms with Gasteiger partial charge in [-0.3, -0.25) is 14.4 Å². The Hall–Kier alpha value is -4.20. The van der Waals surface area contributed by atoms with E-state index in [1.807, 2.05) is 0 Å². The largest absolute Gasteiger partial charge is 0.467 e. The van der Waals surface area contributed by atoms with Crippen LogP contribution >= 0.6 is 0 Å². The zero-order valence-corrected chi connectivity index (χ0v) is 15.7. The van der Waals surface area contributed by atoms with E-state index in [4.69, 9.17) is 9.15 Å². The van der Waals surface area contributed by atoms with Crippen molar-refractivity contribution in [1.82, 2.24) is 5.32 Å². The van der Waals surface area contributed by atoms with Crippen LogP contribution in [0.4, 0.5) is 5.69 Å². The molecule has 3 amide bonds. The van der Waals surface area contributed by atoms with Crippen LogP contribution < -0.4 is 10.2 Å². The monoisotopic (exact) mass is 404 g/mol. The summed E-state index contributed by atoms with van der Waals surface area (Å²) in [6.07, 6.45) is 1.49. The van der Waals surface area contributed by atoms with Gasteiger partial charge in [-0.25, -0.2) is 9.69 Å². The topological polar surface area (TPSA) is 106 Å². The van der Waals surface area contributed by atoms with Gasteiger partial charge in [0.2, 0.25) is 0 Å². The lowest BCUT2D eigenvalue weighted by atomic mass is 10.1. The highest BCUT2D eigenvalue weighted by atomic mass is 16.5. The number of hydrogen-bond acceptors (Lipinski definition) is 6. The molecule has 0 radical (unpaired) electrons. The Morgan fingerprint density at radius 2 is 1.67 bits per heavy atom. The molecule has 0 atom stereocenters. The molecule has 8 nitrogen and oxygen atoms in total. The molecule has 0 fully saturated rings. The van der Waals surface area contributed by atoms with Crippen molar-refractivity contribution < 1.29 is 28.3 Å². The number of carbonyl (C=O) groups is 4. The molecule has 2 aromatic carbocycles. The number of fused-ring (bicyclic) bond motifs is 1. The van der Waals surface area contributed by atoms with E-state index in [1.165, 1.54) is 24.5 Å². The molecule has 1 aliphatic heterocycles. The molecule has 8 heteroatoms. The van der Waals surface area contributed by atoms with Crippen molar-refractivity contribution >= 4 is 29.4 Å². The molecular formula is C22H16N2O6. The van der Waals surface area contributed by atoms with Crippen molar-refractivity contribution in [1.29, 1.82) is 0 Å². The van der Waals surface area contributed by atoms with Crippen LogP contribution in [-0.2, 0) is 16.1 Å². The van der Waals surface area contributed by atoms with Crippen molar-refractivity contribution in [3.8, 4) is 0 Å².